The topological polar surface area (TPSA) is 76.5 Å². The van der Waals surface area contributed by atoms with Gasteiger partial charge in [0.05, 0.1) is 0 Å². The molecule has 1 atom stereocenters. The van der Waals surface area contributed by atoms with Crippen molar-refractivity contribution in [1.82, 2.24) is 0 Å². The van der Waals surface area contributed by atoms with Gasteiger partial charge in [0, 0.05) is 11.8 Å². The number of para-hydroxylation sites is 1. The zero-order chi connectivity index (χ0) is 11.7. The number of carbonyl (C=O) groups is 1. The van der Waals surface area contributed by atoms with Crippen LogP contribution in [0.2, 0.25) is 0 Å². The highest BCUT2D eigenvalue weighted by atomic mass is 16.4. The summed E-state index contributed by atoms with van der Waals surface area (Å²) in [6, 6.07) is 6.68. The molecule has 0 aliphatic rings. The first-order valence-corrected chi connectivity index (χ1v) is 5.04. The van der Waals surface area contributed by atoms with Crippen molar-refractivity contribution in [3.63, 3.8) is 0 Å². The number of benzene rings is 1. The van der Waals surface area contributed by atoms with Crippen LogP contribution in [0, 0.1) is 6.92 Å². The van der Waals surface area contributed by atoms with Crippen molar-refractivity contribution in [2.24, 2.45) is 5.73 Å². The second-order valence-electron chi connectivity index (χ2n) is 3.84. The number of carboxylic acids is 1. The third-order valence-electron chi connectivity index (χ3n) is 2.51. The maximum Gasteiger partial charge on any atom is 0.320 e. The van der Waals surface area contributed by atoms with Crippen LogP contribution < -0.4 is 5.73 Å². The normalized spacial score (nSPS) is 12.9. The highest BCUT2D eigenvalue weighted by Crippen LogP contribution is 2.23. The molecular weight excluding hydrogens is 206 g/mol. The van der Waals surface area contributed by atoms with E-state index in [0.29, 0.717) is 0 Å². The minimum Gasteiger partial charge on any atom is -0.480 e. The molecule has 3 N–H and O–H groups in total. The molecule has 2 rings (SSSR count). The van der Waals surface area contributed by atoms with Crippen LogP contribution in [0.4, 0.5) is 0 Å². The zero-order valence-corrected chi connectivity index (χ0v) is 8.93. The van der Waals surface area contributed by atoms with Crippen molar-refractivity contribution in [1.29, 1.82) is 0 Å². The first kappa shape index (κ1) is 10.7. The van der Waals surface area contributed by atoms with Gasteiger partial charge in [0.25, 0.3) is 0 Å². The molecule has 0 saturated heterocycles. The Morgan fingerprint density at radius 3 is 3.00 bits per heavy atom. The number of hydrogen-bond donors (Lipinski definition) is 2. The van der Waals surface area contributed by atoms with Crippen LogP contribution in [0.25, 0.3) is 11.0 Å². The lowest BCUT2D eigenvalue weighted by Crippen LogP contribution is -2.32. The third-order valence-corrected chi connectivity index (χ3v) is 2.51. The van der Waals surface area contributed by atoms with Crippen LogP contribution in [-0.2, 0) is 11.2 Å². The van der Waals surface area contributed by atoms with Gasteiger partial charge in [0.2, 0.25) is 0 Å². The maximum atomic E-state index is 10.7. The first-order chi connectivity index (χ1) is 7.58. The van der Waals surface area contributed by atoms with Crippen molar-refractivity contribution in [3.8, 4) is 0 Å². The van der Waals surface area contributed by atoms with Crippen LogP contribution in [-0.4, -0.2) is 17.1 Å². The van der Waals surface area contributed by atoms with E-state index in [1.54, 1.807) is 0 Å². The van der Waals surface area contributed by atoms with Gasteiger partial charge in [-0.1, -0.05) is 18.2 Å². The van der Waals surface area contributed by atoms with Gasteiger partial charge in [-0.2, -0.15) is 0 Å². The van der Waals surface area contributed by atoms with Crippen LogP contribution in [0.5, 0.6) is 0 Å². The average Bonchev–Trinajstić information content (AvgIpc) is 2.59. The number of carboxylic acid groups (broad SMARTS) is 1. The molecule has 1 heterocycles. The fourth-order valence-electron chi connectivity index (χ4n) is 1.74. The summed E-state index contributed by atoms with van der Waals surface area (Å²) in [4.78, 5) is 10.7. The molecule has 84 valence electrons. The molecule has 0 radical (unpaired) electrons. The number of fused-ring (bicyclic) bond motifs is 1. The molecule has 0 amide bonds. The van der Waals surface area contributed by atoms with E-state index in [4.69, 9.17) is 15.3 Å². The summed E-state index contributed by atoms with van der Waals surface area (Å²) in [5.74, 6) is -0.188. The molecule has 0 aliphatic carbocycles. The molecule has 16 heavy (non-hydrogen) atoms. The lowest BCUT2D eigenvalue weighted by Gasteiger charge is -2.06. The van der Waals surface area contributed by atoms with Crippen molar-refractivity contribution in [3.05, 3.63) is 35.6 Å². The van der Waals surface area contributed by atoms with Crippen molar-refractivity contribution in [2.45, 2.75) is 19.4 Å². The lowest BCUT2D eigenvalue weighted by atomic mass is 10.0. The zero-order valence-electron chi connectivity index (χ0n) is 8.93. The largest absolute Gasteiger partial charge is 0.480 e. The van der Waals surface area contributed by atoms with Crippen LogP contribution in [0.15, 0.2) is 28.7 Å². The summed E-state index contributed by atoms with van der Waals surface area (Å²) < 4.78 is 5.53. The van der Waals surface area contributed by atoms with Gasteiger partial charge < -0.3 is 15.3 Å². The number of nitrogens with two attached hydrogens (primary N) is 1. The summed E-state index contributed by atoms with van der Waals surface area (Å²) in [7, 11) is 0. The Hall–Kier alpha value is -1.81. The van der Waals surface area contributed by atoms with Gasteiger partial charge >= 0.3 is 5.97 Å². The molecule has 0 fully saturated rings. The van der Waals surface area contributed by atoms with Crippen molar-refractivity contribution in [2.75, 3.05) is 0 Å². The highest BCUT2D eigenvalue weighted by Gasteiger charge is 2.15. The van der Waals surface area contributed by atoms with E-state index in [2.05, 4.69) is 0 Å². The van der Waals surface area contributed by atoms with E-state index in [0.717, 1.165) is 22.3 Å². The molecule has 1 aromatic heterocycles. The van der Waals surface area contributed by atoms with Gasteiger partial charge in [-0.25, -0.2) is 0 Å². The number of furan rings is 1. The van der Waals surface area contributed by atoms with E-state index in [1.807, 2.05) is 31.2 Å². The van der Waals surface area contributed by atoms with Gasteiger partial charge in [0.15, 0.2) is 0 Å². The summed E-state index contributed by atoms with van der Waals surface area (Å²) >= 11 is 0. The predicted molar refractivity (Wildman–Crippen MR) is 60.3 cm³/mol. The number of rotatable bonds is 3. The molecule has 4 nitrogen and oxygen atoms in total. The number of aryl methyl sites for hydroxylation is 1. The minimum absolute atomic E-state index is 0.277. The van der Waals surface area contributed by atoms with Gasteiger partial charge in [-0.05, 0) is 18.6 Å². The van der Waals surface area contributed by atoms with Gasteiger partial charge in [-0.3, -0.25) is 4.79 Å². The lowest BCUT2D eigenvalue weighted by molar-refractivity contribution is -0.138. The fourth-order valence-corrected chi connectivity index (χ4v) is 1.74. The van der Waals surface area contributed by atoms with Crippen LogP contribution in [0.3, 0.4) is 0 Å². The molecule has 1 aromatic carbocycles. The number of aliphatic carboxylic acids is 1. The molecule has 4 heteroatoms. The van der Waals surface area contributed by atoms with E-state index in [1.165, 1.54) is 0 Å². The summed E-state index contributed by atoms with van der Waals surface area (Å²) in [5.41, 5.74) is 7.07. The molecule has 2 aromatic rings. The second-order valence-corrected chi connectivity index (χ2v) is 3.84. The molecule has 0 spiro atoms. The fraction of sp³-hybridized carbons (Fsp3) is 0.250. The second kappa shape index (κ2) is 3.98. The Bertz CT molecular complexity index is 530. The average molecular weight is 219 g/mol. The van der Waals surface area contributed by atoms with Gasteiger partial charge in [0.1, 0.15) is 17.4 Å². The summed E-state index contributed by atoms with van der Waals surface area (Å²) in [5, 5.41) is 9.74. The Morgan fingerprint density at radius 2 is 2.31 bits per heavy atom. The standard InChI is InChI=1S/C12H13NO3/c1-7-5-8-3-2-4-9(11(8)16-7)6-10(13)12(14)15/h2-5,10H,6,13H2,1H3,(H,14,15). The van der Waals surface area contributed by atoms with Crippen LogP contribution in [0.1, 0.15) is 11.3 Å². The monoisotopic (exact) mass is 219 g/mol. The Kier molecular flexibility index (Phi) is 2.66. The smallest absolute Gasteiger partial charge is 0.320 e. The Morgan fingerprint density at radius 1 is 1.56 bits per heavy atom. The first-order valence-electron chi connectivity index (χ1n) is 5.04. The van der Waals surface area contributed by atoms with Crippen molar-refractivity contribution < 1.29 is 14.3 Å². The maximum absolute atomic E-state index is 10.7. The summed E-state index contributed by atoms with van der Waals surface area (Å²) in [6.45, 7) is 1.86. The van der Waals surface area contributed by atoms with Crippen molar-refractivity contribution >= 4 is 16.9 Å². The molecule has 0 saturated carbocycles. The summed E-state index contributed by atoms with van der Waals surface area (Å²) in [6.07, 6.45) is 0.277. The molecule has 0 aliphatic heterocycles. The SMILES string of the molecule is Cc1cc2cccc(CC(N)C(=O)O)c2o1. The molecular formula is C12H13NO3. The minimum atomic E-state index is -1.000. The van der Waals surface area contributed by atoms with E-state index in [9.17, 15) is 4.79 Å². The van der Waals surface area contributed by atoms with E-state index >= 15 is 0 Å². The quantitative estimate of drug-likeness (QED) is 0.823. The van der Waals surface area contributed by atoms with E-state index in [-0.39, 0.29) is 6.42 Å². The Balaban J connectivity index is 2.40. The number of hydrogen-bond acceptors (Lipinski definition) is 3. The highest BCUT2D eigenvalue weighted by molar-refractivity contribution is 5.82. The molecule has 0 bridgehead atoms. The third kappa shape index (κ3) is 1.92. The van der Waals surface area contributed by atoms with E-state index < -0.39 is 12.0 Å². The molecule has 1 unspecified atom stereocenters. The van der Waals surface area contributed by atoms with Crippen LogP contribution >= 0.6 is 0 Å². The predicted octanol–water partition coefficient (Wildman–Crippen LogP) is 1.70. The van der Waals surface area contributed by atoms with Gasteiger partial charge in [-0.15, -0.1) is 0 Å². The Labute approximate surface area is 92.7 Å².